The Kier molecular flexibility index (Phi) is 5.97. The fourth-order valence-corrected chi connectivity index (χ4v) is 5.67. The maximum Gasteiger partial charge on any atom is 0.316 e. The summed E-state index contributed by atoms with van der Waals surface area (Å²) in [5.41, 5.74) is -0.227. The second-order valence-electron chi connectivity index (χ2n) is 6.59. The SMILES string of the molecule is Cc1sc(-c2noc(C(=O)N3CCOCC3)n2)cc1S(=O)(=O)Nc1ccc(Cl)cc1F. The van der Waals surface area contributed by atoms with Crippen LogP contribution >= 0.6 is 22.9 Å². The fourth-order valence-electron chi connectivity index (χ4n) is 2.93. The van der Waals surface area contributed by atoms with Gasteiger partial charge in [-0.15, -0.1) is 11.3 Å². The van der Waals surface area contributed by atoms with Crippen molar-refractivity contribution in [1.82, 2.24) is 15.0 Å². The second kappa shape index (κ2) is 8.54. The molecule has 0 aliphatic carbocycles. The van der Waals surface area contributed by atoms with Gasteiger partial charge in [-0.05, 0) is 31.2 Å². The van der Waals surface area contributed by atoms with E-state index >= 15 is 0 Å². The zero-order valence-electron chi connectivity index (χ0n) is 16.1. The van der Waals surface area contributed by atoms with E-state index in [9.17, 15) is 17.6 Å². The number of aryl methyl sites for hydroxylation is 1. The number of nitrogens with zero attached hydrogens (tertiary/aromatic N) is 3. The molecule has 1 N–H and O–H groups in total. The number of amides is 1. The number of carbonyl (C=O) groups excluding carboxylic acids is 1. The number of aromatic nitrogens is 2. The van der Waals surface area contributed by atoms with Crippen LogP contribution in [0.3, 0.4) is 0 Å². The maximum absolute atomic E-state index is 14.0. The van der Waals surface area contributed by atoms with Crippen LogP contribution in [0.1, 0.15) is 15.6 Å². The lowest BCUT2D eigenvalue weighted by atomic mass is 10.3. The number of hydrogen-bond donors (Lipinski definition) is 1. The molecule has 1 fully saturated rings. The Morgan fingerprint density at radius 3 is 2.74 bits per heavy atom. The Morgan fingerprint density at radius 2 is 2.03 bits per heavy atom. The van der Waals surface area contributed by atoms with Crippen LogP contribution in [0.4, 0.5) is 10.1 Å². The van der Waals surface area contributed by atoms with Gasteiger partial charge in [-0.2, -0.15) is 4.98 Å². The Bertz CT molecular complexity index is 1240. The molecule has 1 aromatic carbocycles. The van der Waals surface area contributed by atoms with Crippen molar-refractivity contribution >= 4 is 44.6 Å². The molecule has 0 spiro atoms. The van der Waals surface area contributed by atoms with E-state index in [1.807, 2.05) is 0 Å². The van der Waals surface area contributed by atoms with E-state index in [1.165, 1.54) is 18.2 Å². The van der Waals surface area contributed by atoms with Crippen molar-refractivity contribution in [2.24, 2.45) is 0 Å². The summed E-state index contributed by atoms with van der Waals surface area (Å²) in [7, 11) is -4.09. The van der Waals surface area contributed by atoms with Crippen LogP contribution in [0.2, 0.25) is 5.02 Å². The number of anilines is 1. The van der Waals surface area contributed by atoms with E-state index in [2.05, 4.69) is 14.9 Å². The first kappa shape index (κ1) is 21.7. The van der Waals surface area contributed by atoms with E-state index in [-0.39, 0.29) is 27.3 Å². The molecule has 1 aliphatic rings. The van der Waals surface area contributed by atoms with Gasteiger partial charge in [0.05, 0.1) is 23.8 Å². The van der Waals surface area contributed by atoms with Gasteiger partial charge in [0.1, 0.15) is 10.7 Å². The number of rotatable bonds is 5. The molecule has 9 nitrogen and oxygen atoms in total. The molecule has 0 radical (unpaired) electrons. The lowest BCUT2D eigenvalue weighted by molar-refractivity contribution is 0.0272. The van der Waals surface area contributed by atoms with Crippen LogP contribution < -0.4 is 4.72 Å². The predicted molar refractivity (Wildman–Crippen MR) is 111 cm³/mol. The zero-order valence-corrected chi connectivity index (χ0v) is 18.5. The van der Waals surface area contributed by atoms with Crippen LogP contribution in [-0.2, 0) is 14.8 Å². The molecule has 1 saturated heterocycles. The second-order valence-corrected chi connectivity index (χ2v) is 9.93. The van der Waals surface area contributed by atoms with Gasteiger partial charge in [-0.3, -0.25) is 9.52 Å². The molecule has 3 heterocycles. The summed E-state index contributed by atoms with van der Waals surface area (Å²) in [4.78, 5) is 18.9. The summed E-state index contributed by atoms with van der Waals surface area (Å²) in [6, 6.07) is 4.98. The van der Waals surface area contributed by atoms with E-state index in [1.54, 1.807) is 11.8 Å². The Hall–Kier alpha value is -2.54. The number of sulfonamides is 1. The third-order valence-electron chi connectivity index (χ3n) is 4.46. The van der Waals surface area contributed by atoms with E-state index in [0.29, 0.717) is 36.1 Å². The van der Waals surface area contributed by atoms with Gasteiger partial charge >= 0.3 is 11.8 Å². The van der Waals surface area contributed by atoms with Gasteiger partial charge in [0, 0.05) is 23.0 Å². The lowest BCUT2D eigenvalue weighted by Crippen LogP contribution is -2.40. The summed E-state index contributed by atoms with van der Waals surface area (Å²) in [5, 5.41) is 3.95. The average molecular weight is 487 g/mol. The molecule has 0 unspecified atom stereocenters. The quantitative estimate of drug-likeness (QED) is 0.589. The Labute approximate surface area is 185 Å². The van der Waals surface area contributed by atoms with E-state index in [0.717, 1.165) is 17.4 Å². The molecule has 1 aliphatic heterocycles. The van der Waals surface area contributed by atoms with Crippen molar-refractivity contribution in [3.05, 3.63) is 45.9 Å². The number of ether oxygens (including phenoxy) is 1. The molecular weight excluding hydrogens is 471 g/mol. The van der Waals surface area contributed by atoms with Crippen molar-refractivity contribution in [2.45, 2.75) is 11.8 Å². The molecular formula is C18H16ClFN4O5S2. The third kappa shape index (κ3) is 4.56. The zero-order chi connectivity index (χ0) is 22.2. The molecule has 4 rings (SSSR count). The smallest absolute Gasteiger partial charge is 0.316 e. The maximum atomic E-state index is 14.0. The first-order valence-corrected chi connectivity index (χ1v) is 11.7. The number of hydrogen-bond acceptors (Lipinski definition) is 8. The van der Waals surface area contributed by atoms with Crippen molar-refractivity contribution in [1.29, 1.82) is 0 Å². The minimum Gasteiger partial charge on any atom is -0.378 e. The van der Waals surface area contributed by atoms with Crippen molar-refractivity contribution in [3.8, 4) is 10.7 Å². The van der Waals surface area contributed by atoms with Gasteiger partial charge in [0.15, 0.2) is 0 Å². The minimum atomic E-state index is -4.09. The number of benzene rings is 1. The van der Waals surface area contributed by atoms with Crippen LogP contribution in [0.15, 0.2) is 33.7 Å². The topological polar surface area (TPSA) is 115 Å². The van der Waals surface area contributed by atoms with E-state index in [4.69, 9.17) is 20.9 Å². The highest BCUT2D eigenvalue weighted by atomic mass is 35.5. The largest absolute Gasteiger partial charge is 0.378 e. The third-order valence-corrected chi connectivity index (χ3v) is 7.37. The van der Waals surface area contributed by atoms with Gasteiger partial charge in [-0.1, -0.05) is 16.8 Å². The normalized spacial score (nSPS) is 14.6. The highest BCUT2D eigenvalue weighted by Gasteiger charge is 2.27. The Balaban J connectivity index is 1.57. The summed E-state index contributed by atoms with van der Waals surface area (Å²) in [5.74, 6) is -1.31. The molecule has 1 amide bonds. The van der Waals surface area contributed by atoms with Crippen molar-refractivity contribution in [2.75, 3.05) is 31.0 Å². The molecule has 3 aromatic rings. The first-order chi connectivity index (χ1) is 14.7. The number of halogens is 2. The average Bonchev–Trinajstić information content (AvgIpc) is 3.37. The van der Waals surface area contributed by atoms with Gasteiger partial charge in [0.2, 0.25) is 5.82 Å². The highest BCUT2D eigenvalue weighted by Crippen LogP contribution is 2.33. The summed E-state index contributed by atoms with van der Waals surface area (Å²) in [6.07, 6.45) is 0. The van der Waals surface area contributed by atoms with Gasteiger partial charge in [-0.25, -0.2) is 12.8 Å². The van der Waals surface area contributed by atoms with Gasteiger partial charge < -0.3 is 14.2 Å². The predicted octanol–water partition coefficient (Wildman–Crippen LogP) is 3.17. The number of morpholine rings is 1. The van der Waals surface area contributed by atoms with Crippen LogP contribution in [0, 0.1) is 12.7 Å². The molecule has 164 valence electrons. The van der Waals surface area contributed by atoms with Crippen LogP contribution in [-0.4, -0.2) is 55.7 Å². The molecule has 0 bridgehead atoms. The number of nitrogens with one attached hydrogen (secondary N) is 1. The minimum absolute atomic E-state index is 0.0623. The molecule has 0 saturated carbocycles. The fraction of sp³-hybridized carbons (Fsp3) is 0.278. The van der Waals surface area contributed by atoms with Crippen LogP contribution in [0.25, 0.3) is 10.7 Å². The Morgan fingerprint density at radius 1 is 1.29 bits per heavy atom. The van der Waals surface area contributed by atoms with Crippen molar-refractivity contribution in [3.63, 3.8) is 0 Å². The monoisotopic (exact) mass is 486 g/mol. The number of carbonyl (C=O) groups is 1. The molecule has 0 atom stereocenters. The number of thiophene rings is 1. The molecule has 31 heavy (non-hydrogen) atoms. The van der Waals surface area contributed by atoms with E-state index < -0.39 is 21.7 Å². The summed E-state index contributed by atoms with van der Waals surface area (Å²) < 4.78 is 52.1. The lowest BCUT2D eigenvalue weighted by Gasteiger charge is -2.25. The van der Waals surface area contributed by atoms with Crippen LogP contribution in [0.5, 0.6) is 0 Å². The summed E-state index contributed by atoms with van der Waals surface area (Å²) >= 11 is 6.81. The van der Waals surface area contributed by atoms with Crippen molar-refractivity contribution < 1.29 is 26.9 Å². The molecule has 2 aromatic heterocycles. The summed E-state index contributed by atoms with van der Waals surface area (Å²) in [6.45, 7) is 3.30. The molecule has 13 heteroatoms. The highest BCUT2D eigenvalue weighted by molar-refractivity contribution is 7.93. The first-order valence-electron chi connectivity index (χ1n) is 9.04. The van der Waals surface area contributed by atoms with Gasteiger partial charge in [0.25, 0.3) is 10.0 Å². The standard InChI is InChI=1S/C18H16ClFN4O5S2/c1-10-15(31(26,27)23-13-3-2-11(19)8-12(13)20)9-14(30-10)16-21-17(29-22-16)18(25)24-4-6-28-7-5-24/h2-3,8-9,23H,4-7H2,1H3.